The SMILES string of the molecule is NCCOCCc1nc2ccccc2s1. The molecule has 2 N–H and O–H groups in total. The van der Waals surface area contributed by atoms with Crippen molar-refractivity contribution in [2.45, 2.75) is 6.42 Å². The fourth-order valence-corrected chi connectivity index (χ4v) is 2.32. The molecule has 2 aromatic rings. The molecule has 0 fully saturated rings. The van der Waals surface area contributed by atoms with E-state index in [1.165, 1.54) is 4.70 Å². The molecule has 1 aromatic heterocycles. The summed E-state index contributed by atoms with van der Waals surface area (Å²) in [5.74, 6) is 0. The lowest BCUT2D eigenvalue weighted by atomic mass is 10.3. The number of para-hydroxylation sites is 1. The van der Waals surface area contributed by atoms with Crippen molar-refractivity contribution in [3.63, 3.8) is 0 Å². The highest BCUT2D eigenvalue weighted by Gasteiger charge is 2.02. The number of hydrogen-bond acceptors (Lipinski definition) is 4. The zero-order chi connectivity index (χ0) is 10.5. The van der Waals surface area contributed by atoms with E-state index in [0.717, 1.165) is 16.9 Å². The molecule has 0 amide bonds. The molecule has 15 heavy (non-hydrogen) atoms. The van der Waals surface area contributed by atoms with E-state index in [9.17, 15) is 0 Å². The fraction of sp³-hybridized carbons (Fsp3) is 0.364. The van der Waals surface area contributed by atoms with E-state index in [0.29, 0.717) is 19.8 Å². The van der Waals surface area contributed by atoms with E-state index in [-0.39, 0.29) is 0 Å². The number of thiazole rings is 1. The molecule has 80 valence electrons. The van der Waals surface area contributed by atoms with Crippen molar-refractivity contribution in [1.29, 1.82) is 0 Å². The van der Waals surface area contributed by atoms with Gasteiger partial charge in [0.2, 0.25) is 0 Å². The lowest BCUT2D eigenvalue weighted by molar-refractivity contribution is 0.144. The first-order chi connectivity index (χ1) is 7.40. The van der Waals surface area contributed by atoms with Crippen LogP contribution in [0.2, 0.25) is 0 Å². The van der Waals surface area contributed by atoms with Crippen LogP contribution in [0.4, 0.5) is 0 Å². The third kappa shape index (κ3) is 2.75. The number of ether oxygens (including phenoxy) is 1. The molecule has 0 atom stereocenters. The van der Waals surface area contributed by atoms with Gasteiger partial charge in [0.1, 0.15) is 0 Å². The van der Waals surface area contributed by atoms with Crippen molar-refractivity contribution < 1.29 is 4.74 Å². The maximum Gasteiger partial charge on any atom is 0.0961 e. The summed E-state index contributed by atoms with van der Waals surface area (Å²) in [4.78, 5) is 4.52. The number of aromatic nitrogens is 1. The van der Waals surface area contributed by atoms with E-state index >= 15 is 0 Å². The van der Waals surface area contributed by atoms with Gasteiger partial charge in [0.15, 0.2) is 0 Å². The van der Waals surface area contributed by atoms with Gasteiger partial charge >= 0.3 is 0 Å². The number of hydrogen-bond donors (Lipinski definition) is 1. The summed E-state index contributed by atoms with van der Waals surface area (Å²) in [6.07, 6.45) is 0.874. The predicted molar refractivity (Wildman–Crippen MR) is 63.2 cm³/mol. The van der Waals surface area contributed by atoms with Gasteiger partial charge in [0, 0.05) is 13.0 Å². The Morgan fingerprint density at radius 1 is 1.27 bits per heavy atom. The normalized spacial score (nSPS) is 11.0. The standard InChI is InChI=1S/C11H14N2OS/c12-6-8-14-7-5-11-13-9-3-1-2-4-10(9)15-11/h1-4H,5-8,12H2. The molecule has 0 spiro atoms. The van der Waals surface area contributed by atoms with Crippen molar-refractivity contribution in [3.05, 3.63) is 29.3 Å². The van der Waals surface area contributed by atoms with Crippen LogP contribution in [0.25, 0.3) is 10.2 Å². The van der Waals surface area contributed by atoms with Gasteiger partial charge in [-0.15, -0.1) is 11.3 Å². The van der Waals surface area contributed by atoms with E-state index in [2.05, 4.69) is 11.1 Å². The maximum atomic E-state index is 5.33. The minimum Gasteiger partial charge on any atom is -0.380 e. The van der Waals surface area contributed by atoms with Crippen LogP contribution in [0, 0.1) is 0 Å². The number of nitrogens with two attached hydrogens (primary N) is 1. The molecule has 4 heteroatoms. The number of nitrogens with zero attached hydrogens (tertiary/aromatic N) is 1. The smallest absolute Gasteiger partial charge is 0.0961 e. The van der Waals surface area contributed by atoms with Gasteiger partial charge in [-0.25, -0.2) is 4.98 Å². The first-order valence-corrected chi connectivity index (χ1v) is 5.84. The van der Waals surface area contributed by atoms with Crippen LogP contribution in [0.3, 0.4) is 0 Å². The van der Waals surface area contributed by atoms with Gasteiger partial charge in [0.05, 0.1) is 28.4 Å². The molecule has 0 aliphatic rings. The molecule has 3 nitrogen and oxygen atoms in total. The molecule has 1 heterocycles. The van der Waals surface area contributed by atoms with Gasteiger partial charge in [-0.3, -0.25) is 0 Å². The second-order valence-corrected chi connectivity index (χ2v) is 4.34. The number of fused-ring (bicyclic) bond motifs is 1. The summed E-state index contributed by atoms with van der Waals surface area (Å²) in [5, 5.41) is 1.13. The lowest BCUT2D eigenvalue weighted by Gasteiger charge is -1.98. The quantitative estimate of drug-likeness (QED) is 0.785. The molecule has 2 rings (SSSR count). The molecule has 0 aliphatic heterocycles. The van der Waals surface area contributed by atoms with Crippen LogP contribution in [-0.4, -0.2) is 24.7 Å². The minimum absolute atomic E-state index is 0.583. The van der Waals surface area contributed by atoms with E-state index in [1.54, 1.807) is 11.3 Å². The van der Waals surface area contributed by atoms with Gasteiger partial charge in [-0.05, 0) is 12.1 Å². The van der Waals surface area contributed by atoms with Crippen molar-refractivity contribution in [1.82, 2.24) is 4.98 Å². The Morgan fingerprint density at radius 2 is 2.13 bits per heavy atom. The second kappa shape index (κ2) is 5.21. The first kappa shape index (κ1) is 10.5. The molecule has 0 saturated heterocycles. The number of benzene rings is 1. The van der Waals surface area contributed by atoms with Crippen LogP contribution in [0.1, 0.15) is 5.01 Å². The Bertz CT molecular complexity index is 394. The Hall–Kier alpha value is -0.970. The van der Waals surface area contributed by atoms with E-state index < -0.39 is 0 Å². The molecule has 0 bridgehead atoms. The molecule has 0 radical (unpaired) electrons. The van der Waals surface area contributed by atoms with Crippen LogP contribution in [-0.2, 0) is 11.2 Å². The zero-order valence-corrected chi connectivity index (χ0v) is 9.30. The van der Waals surface area contributed by atoms with E-state index in [4.69, 9.17) is 10.5 Å². The zero-order valence-electron chi connectivity index (χ0n) is 8.48. The molecular formula is C11H14N2OS. The third-order valence-corrected chi connectivity index (χ3v) is 3.16. The fourth-order valence-electron chi connectivity index (χ4n) is 1.37. The monoisotopic (exact) mass is 222 g/mol. The summed E-state index contributed by atoms with van der Waals surface area (Å²) >= 11 is 1.73. The average Bonchev–Trinajstić information content (AvgIpc) is 2.67. The second-order valence-electron chi connectivity index (χ2n) is 3.23. The van der Waals surface area contributed by atoms with Crippen LogP contribution in [0.5, 0.6) is 0 Å². The summed E-state index contributed by atoms with van der Waals surface area (Å²) in [6, 6.07) is 8.18. The molecular weight excluding hydrogens is 208 g/mol. The number of rotatable bonds is 5. The lowest BCUT2D eigenvalue weighted by Crippen LogP contribution is -2.09. The maximum absolute atomic E-state index is 5.33. The average molecular weight is 222 g/mol. The Morgan fingerprint density at radius 3 is 2.93 bits per heavy atom. The molecule has 0 saturated carbocycles. The highest BCUT2D eigenvalue weighted by Crippen LogP contribution is 2.21. The highest BCUT2D eigenvalue weighted by atomic mass is 32.1. The van der Waals surface area contributed by atoms with Crippen molar-refractivity contribution in [2.24, 2.45) is 5.73 Å². The third-order valence-electron chi connectivity index (χ3n) is 2.06. The molecule has 1 aromatic carbocycles. The summed E-state index contributed by atoms with van der Waals surface area (Å²) < 4.78 is 6.57. The summed E-state index contributed by atoms with van der Waals surface area (Å²) in [7, 11) is 0. The molecule has 0 aliphatic carbocycles. The minimum atomic E-state index is 0.583. The first-order valence-electron chi connectivity index (χ1n) is 5.02. The van der Waals surface area contributed by atoms with Gasteiger partial charge < -0.3 is 10.5 Å². The van der Waals surface area contributed by atoms with Crippen molar-refractivity contribution in [2.75, 3.05) is 19.8 Å². The van der Waals surface area contributed by atoms with E-state index in [1.807, 2.05) is 18.2 Å². The van der Waals surface area contributed by atoms with Gasteiger partial charge in [-0.2, -0.15) is 0 Å². The van der Waals surface area contributed by atoms with Crippen molar-refractivity contribution >= 4 is 21.6 Å². The predicted octanol–water partition coefficient (Wildman–Crippen LogP) is 1.81. The largest absolute Gasteiger partial charge is 0.380 e. The topological polar surface area (TPSA) is 48.1 Å². The van der Waals surface area contributed by atoms with Crippen molar-refractivity contribution in [3.8, 4) is 0 Å². The summed E-state index contributed by atoms with van der Waals surface area (Å²) in [5.41, 5.74) is 6.41. The Kier molecular flexibility index (Phi) is 3.66. The molecule has 0 unspecified atom stereocenters. The van der Waals surface area contributed by atoms with Gasteiger partial charge in [0.25, 0.3) is 0 Å². The Balaban J connectivity index is 1.97. The van der Waals surface area contributed by atoms with Gasteiger partial charge in [-0.1, -0.05) is 12.1 Å². The summed E-state index contributed by atoms with van der Waals surface area (Å²) in [6.45, 7) is 1.92. The van der Waals surface area contributed by atoms with Crippen LogP contribution in [0.15, 0.2) is 24.3 Å². The van der Waals surface area contributed by atoms with Crippen LogP contribution < -0.4 is 5.73 Å². The van der Waals surface area contributed by atoms with Crippen LogP contribution >= 0.6 is 11.3 Å². The highest BCUT2D eigenvalue weighted by molar-refractivity contribution is 7.18. The Labute approximate surface area is 92.9 Å².